The van der Waals surface area contributed by atoms with Crippen LogP contribution in [-0.4, -0.2) is 21.2 Å². The average Bonchev–Trinajstić information content (AvgIpc) is 2.95. The Balaban J connectivity index is 2.07. The maximum absolute atomic E-state index is 14.3. The van der Waals surface area contributed by atoms with Crippen molar-refractivity contribution in [3.05, 3.63) is 48.7 Å². The average molecular weight is 311 g/mol. The first-order valence-corrected chi connectivity index (χ1v) is 6.83. The predicted octanol–water partition coefficient (Wildman–Crippen LogP) is 2.44. The van der Waals surface area contributed by atoms with Crippen LogP contribution in [-0.2, 0) is 11.8 Å². The summed E-state index contributed by atoms with van der Waals surface area (Å²) in [6.07, 6.45) is 5.65. The highest BCUT2D eigenvalue weighted by molar-refractivity contribution is 5.81. The third-order valence-corrected chi connectivity index (χ3v) is 3.44. The lowest BCUT2D eigenvalue weighted by Crippen LogP contribution is -1.98. The van der Waals surface area contributed by atoms with E-state index in [9.17, 15) is 9.18 Å². The quantitative estimate of drug-likeness (QED) is 0.725. The number of nitrogen functional groups attached to an aromatic ring is 1. The Labute approximate surface area is 131 Å². The fourth-order valence-electron chi connectivity index (χ4n) is 2.31. The van der Waals surface area contributed by atoms with Crippen molar-refractivity contribution < 1.29 is 9.18 Å². The lowest BCUT2D eigenvalue weighted by atomic mass is 10.0. The predicted molar refractivity (Wildman–Crippen MR) is 85.9 cm³/mol. The van der Waals surface area contributed by atoms with E-state index in [2.05, 4.69) is 15.4 Å². The zero-order valence-electron chi connectivity index (χ0n) is 12.3. The number of amides is 1. The maximum Gasteiger partial charge on any atom is 0.211 e. The summed E-state index contributed by atoms with van der Waals surface area (Å²) in [5.74, 6) is -0.263. The van der Waals surface area contributed by atoms with Gasteiger partial charge in [-0.05, 0) is 24.3 Å². The van der Waals surface area contributed by atoms with E-state index >= 15 is 0 Å². The summed E-state index contributed by atoms with van der Waals surface area (Å²) in [5, 5.41) is 6.51. The van der Waals surface area contributed by atoms with Gasteiger partial charge in [-0.25, -0.2) is 9.37 Å². The number of hydrogen-bond donors (Lipinski definition) is 2. The van der Waals surface area contributed by atoms with Gasteiger partial charge in [0.25, 0.3) is 0 Å². The molecule has 3 aromatic rings. The number of hydrogen-bond acceptors (Lipinski definition) is 4. The Hall–Kier alpha value is -3.22. The van der Waals surface area contributed by atoms with Crippen molar-refractivity contribution in [2.24, 2.45) is 7.05 Å². The maximum atomic E-state index is 14.3. The molecule has 2 heterocycles. The number of rotatable bonds is 4. The minimum absolute atomic E-state index is 0.229. The Morgan fingerprint density at radius 3 is 2.70 bits per heavy atom. The lowest BCUT2D eigenvalue weighted by molar-refractivity contribution is -0.105. The van der Waals surface area contributed by atoms with E-state index < -0.39 is 5.82 Å². The van der Waals surface area contributed by atoms with Crippen molar-refractivity contribution in [1.82, 2.24) is 14.8 Å². The smallest absolute Gasteiger partial charge is 0.211 e. The largest absolute Gasteiger partial charge is 0.383 e. The van der Waals surface area contributed by atoms with E-state index in [4.69, 9.17) is 5.73 Å². The molecule has 3 N–H and O–H groups in total. The van der Waals surface area contributed by atoms with Gasteiger partial charge in [-0.2, -0.15) is 5.10 Å². The van der Waals surface area contributed by atoms with Gasteiger partial charge < -0.3 is 11.1 Å². The van der Waals surface area contributed by atoms with Crippen LogP contribution in [0.15, 0.2) is 42.9 Å². The summed E-state index contributed by atoms with van der Waals surface area (Å²) in [4.78, 5) is 14.6. The monoisotopic (exact) mass is 311 g/mol. The summed E-state index contributed by atoms with van der Waals surface area (Å²) in [6, 6.07) is 6.16. The molecule has 1 amide bonds. The van der Waals surface area contributed by atoms with Crippen molar-refractivity contribution in [2.45, 2.75) is 0 Å². The third kappa shape index (κ3) is 2.89. The van der Waals surface area contributed by atoms with Crippen LogP contribution < -0.4 is 11.1 Å². The SMILES string of the molecule is Cn1cc(-c2cnc(N)c(-c3ccc(NC=O)cc3F)c2)cn1. The summed E-state index contributed by atoms with van der Waals surface area (Å²) in [5.41, 5.74) is 8.73. The summed E-state index contributed by atoms with van der Waals surface area (Å²) < 4.78 is 16.0. The molecule has 0 atom stereocenters. The highest BCUT2D eigenvalue weighted by Gasteiger charge is 2.12. The second-order valence-electron chi connectivity index (χ2n) is 5.02. The molecule has 3 rings (SSSR count). The first kappa shape index (κ1) is 14.7. The number of carbonyl (C=O) groups excluding carboxylic acids is 1. The first-order chi connectivity index (χ1) is 11.1. The van der Waals surface area contributed by atoms with Gasteiger partial charge in [0, 0.05) is 47.4 Å². The van der Waals surface area contributed by atoms with Crippen LogP contribution in [0, 0.1) is 5.82 Å². The van der Waals surface area contributed by atoms with Crippen molar-refractivity contribution >= 4 is 17.9 Å². The molecular formula is C16H14FN5O. The molecule has 0 fully saturated rings. The number of pyridine rings is 1. The molecule has 0 spiro atoms. The van der Waals surface area contributed by atoms with Crippen LogP contribution in [0.3, 0.4) is 0 Å². The molecule has 0 saturated heterocycles. The van der Waals surface area contributed by atoms with E-state index in [0.717, 1.165) is 11.1 Å². The second-order valence-corrected chi connectivity index (χ2v) is 5.02. The van der Waals surface area contributed by atoms with Gasteiger partial charge in [-0.3, -0.25) is 9.48 Å². The number of nitrogens with one attached hydrogen (secondary N) is 1. The minimum atomic E-state index is -0.492. The van der Waals surface area contributed by atoms with Crippen LogP contribution in [0.1, 0.15) is 0 Å². The molecule has 23 heavy (non-hydrogen) atoms. The molecule has 0 radical (unpaired) electrons. The fourth-order valence-corrected chi connectivity index (χ4v) is 2.31. The molecule has 0 aliphatic carbocycles. The molecular weight excluding hydrogens is 297 g/mol. The molecule has 116 valence electrons. The van der Waals surface area contributed by atoms with Crippen molar-refractivity contribution in [2.75, 3.05) is 11.1 Å². The molecule has 0 aliphatic rings. The summed E-state index contributed by atoms with van der Waals surface area (Å²) in [7, 11) is 1.81. The van der Waals surface area contributed by atoms with Crippen LogP contribution >= 0.6 is 0 Å². The number of carbonyl (C=O) groups is 1. The number of halogens is 1. The van der Waals surface area contributed by atoms with Gasteiger partial charge in [0.2, 0.25) is 6.41 Å². The number of nitrogens with two attached hydrogens (primary N) is 1. The Morgan fingerprint density at radius 1 is 1.22 bits per heavy atom. The summed E-state index contributed by atoms with van der Waals surface area (Å²) >= 11 is 0. The Kier molecular flexibility index (Phi) is 3.76. The van der Waals surface area contributed by atoms with Gasteiger partial charge in [-0.1, -0.05) is 0 Å². The molecule has 7 heteroatoms. The van der Waals surface area contributed by atoms with Gasteiger partial charge >= 0.3 is 0 Å². The van der Waals surface area contributed by atoms with Crippen LogP contribution in [0.25, 0.3) is 22.3 Å². The van der Waals surface area contributed by atoms with E-state index in [0.29, 0.717) is 23.2 Å². The normalized spacial score (nSPS) is 10.5. The molecule has 2 aromatic heterocycles. The first-order valence-electron chi connectivity index (χ1n) is 6.83. The molecule has 0 unspecified atom stereocenters. The number of aromatic nitrogens is 3. The van der Waals surface area contributed by atoms with Gasteiger partial charge in [-0.15, -0.1) is 0 Å². The number of nitrogens with zero attached hydrogens (tertiary/aromatic N) is 3. The molecule has 0 saturated carbocycles. The van der Waals surface area contributed by atoms with Gasteiger partial charge in [0.05, 0.1) is 6.20 Å². The number of aryl methyl sites for hydroxylation is 1. The van der Waals surface area contributed by atoms with Crippen molar-refractivity contribution in [1.29, 1.82) is 0 Å². The van der Waals surface area contributed by atoms with Crippen molar-refractivity contribution in [3.8, 4) is 22.3 Å². The van der Waals surface area contributed by atoms with Crippen LogP contribution in [0.5, 0.6) is 0 Å². The molecule has 6 nitrogen and oxygen atoms in total. The van der Waals surface area contributed by atoms with E-state index in [1.54, 1.807) is 35.3 Å². The topological polar surface area (TPSA) is 85.8 Å². The van der Waals surface area contributed by atoms with Crippen LogP contribution in [0.2, 0.25) is 0 Å². The molecule has 1 aromatic carbocycles. The Morgan fingerprint density at radius 2 is 2.04 bits per heavy atom. The van der Waals surface area contributed by atoms with Gasteiger partial charge in [0.1, 0.15) is 11.6 Å². The minimum Gasteiger partial charge on any atom is -0.383 e. The fraction of sp³-hybridized carbons (Fsp3) is 0.0625. The van der Waals surface area contributed by atoms with Crippen LogP contribution in [0.4, 0.5) is 15.9 Å². The zero-order chi connectivity index (χ0) is 16.4. The van der Waals surface area contributed by atoms with E-state index in [-0.39, 0.29) is 5.82 Å². The number of benzene rings is 1. The van der Waals surface area contributed by atoms with Crippen molar-refractivity contribution in [3.63, 3.8) is 0 Å². The molecule has 0 aliphatic heterocycles. The van der Waals surface area contributed by atoms with Gasteiger partial charge in [0.15, 0.2) is 0 Å². The Bertz CT molecular complexity index is 875. The zero-order valence-corrected chi connectivity index (χ0v) is 12.3. The van der Waals surface area contributed by atoms with E-state index in [1.807, 2.05) is 13.2 Å². The lowest BCUT2D eigenvalue weighted by Gasteiger charge is -2.09. The highest BCUT2D eigenvalue weighted by Crippen LogP contribution is 2.32. The third-order valence-electron chi connectivity index (χ3n) is 3.44. The van der Waals surface area contributed by atoms with E-state index in [1.165, 1.54) is 6.07 Å². The molecule has 0 bridgehead atoms. The second kappa shape index (κ2) is 5.88. The highest BCUT2D eigenvalue weighted by atomic mass is 19.1. The summed E-state index contributed by atoms with van der Waals surface area (Å²) in [6.45, 7) is 0. The standard InChI is InChI=1S/C16H14FN5O/c1-22-8-11(7-21-22)10-4-14(16(18)19-6-10)13-3-2-12(20-9-23)5-15(13)17/h2-9H,1H3,(H2,18,19)(H,20,23). The number of anilines is 2.